The normalized spacial score (nSPS) is 19.8. The highest BCUT2D eigenvalue weighted by molar-refractivity contribution is 6.31. The molecule has 1 aliphatic rings. The van der Waals surface area contributed by atoms with Gasteiger partial charge in [0.1, 0.15) is 5.82 Å². The minimum atomic E-state index is -0.315. The molecule has 20 heavy (non-hydrogen) atoms. The van der Waals surface area contributed by atoms with Crippen LogP contribution in [-0.4, -0.2) is 18.2 Å². The first-order valence-corrected chi connectivity index (χ1v) is 7.78. The highest BCUT2D eigenvalue weighted by atomic mass is 35.5. The van der Waals surface area contributed by atoms with Gasteiger partial charge in [0.05, 0.1) is 5.60 Å². The van der Waals surface area contributed by atoms with Crippen molar-refractivity contribution in [3.63, 3.8) is 0 Å². The Hall–Kier alpha value is -0.640. The minimum absolute atomic E-state index is 0.106. The van der Waals surface area contributed by atoms with E-state index in [9.17, 15) is 4.39 Å². The third kappa shape index (κ3) is 3.51. The van der Waals surface area contributed by atoms with Gasteiger partial charge in [-0.1, -0.05) is 36.9 Å². The van der Waals surface area contributed by atoms with Crippen LogP contribution in [0.2, 0.25) is 5.02 Å². The van der Waals surface area contributed by atoms with Gasteiger partial charge in [-0.2, -0.15) is 0 Å². The molecule has 1 unspecified atom stereocenters. The summed E-state index contributed by atoms with van der Waals surface area (Å²) in [5.41, 5.74) is 7.08. The summed E-state index contributed by atoms with van der Waals surface area (Å²) in [6, 6.07) is 4.39. The molecule has 0 aromatic heterocycles. The van der Waals surface area contributed by atoms with Crippen LogP contribution in [0.3, 0.4) is 0 Å². The zero-order chi connectivity index (χ0) is 14.6. The lowest BCUT2D eigenvalue weighted by Crippen LogP contribution is -2.52. The van der Waals surface area contributed by atoms with Crippen LogP contribution in [0, 0.1) is 5.82 Å². The van der Waals surface area contributed by atoms with E-state index in [2.05, 4.69) is 0 Å². The van der Waals surface area contributed by atoms with Gasteiger partial charge in [-0.15, -0.1) is 0 Å². The Morgan fingerprint density at radius 3 is 2.65 bits per heavy atom. The van der Waals surface area contributed by atoms with Crippen molar-refractivity contribution in [2.45, 2.75) is 57.1 Å². The second kappa shape index (κ2) is 6.88. The molecule has 2 nitrogen and oxygen atoms in total. The van der Waals surface area contributed by atoms with Crippen molar-refractivity contribution in [3.05, 3.63) is 34.6 Å². The van der Waals surface area contributed by atoms with Gasteiger partial charge >= 0.3 is 0 Å². The molecule has 0 aliphatic heterocycles. The van der Waals surface area contributed by atoms with Crippen molar-refractivity contribution < 1.29 is 9.13 Å². The van der Waals surface area contributed by atoms with Crippen molar-refractivity contribution in [2.75, 3.05) is 6.61 Å². The lowest BCUT2D eigenvalue weighted by molar-refractivity contribution is -0.0817. The van der Waals surface area contributed by atoms with Gasteiger partial charge in [-0.25, -0.2) is 4.39 Å². The van der Waals surface area contributed by atoms with Crippen molar-refractivity contribution in [1.29, 1.82) is 0 Å². The first-order valence-electron chi connectivity index (χ1n) is 7.41. The first kappa shape index (κ1) is 15.7. The van der Waals surface area contributed by atoms with Crippen molar-refractivity contribution in [2.24, 2.45) is 5.73 Å². The summed E-state index contributed by atoms with van der Waals surface area (Å²) in [5.74, 6) is -0.315. The lowest BCUT2D eigenvalue weighted by Gasteiger charge is -2.41. The number of nitrogens with two attached hydrogens (primary N) is 1. The maximum Gasteiger partial charge on any atom is 0.124 e. The average Bonchev–Trinajstić information content (AvgIpc) is 2.43. The quantitative estimate of drug-likeness (QED) is 0.889. The fraction of sp³-hybridized carbons (Fsp3) is 0.625. The highest BCUT2D eigenvalue weighted by Gasteiger charge is 2.38. The Balaban J connectivity index is 2.13. The lowest BCUT2D eigenvalue weighted by atomic mass is 9.77. The van der Waals surface area contributed by atoms with E-state index < -0.39 is 0 Å². The summed E-state index contributed by atoms with van der Waals surface area (Å²) in [7, 11) is 0. The monoisotopic (exact) mass is 299 g/mol. The molecule has 0 spiro atoms. The molecule has 0 heterocycles. The Kier molecular flexibility index (Phi) is 5.42. The number of halogens is 2. The van der Waals surface area contributed by atoms with Crippen molar-refractivity contribution in [1.82, 2.24) is 0 Å². The molecular weight excluding hydrogens is 277 g/mol. The molecule has 2 rings (SSSR count). The Bertz CT molecular complexity index is 441. The predicted molar refractivity (Wildman–Crippen MR) is 80.5 cm³/mol. The minimum Gasteiger partial charge on any atom is -0.374 e. The molecule has 0 amide bonds. The molecule has 1 aliphatic carbocycles. The van der Waals surface area contributed by atoms with Gasteiger partial charge in [-0.05, 0) is 43.9 Å². The Morgan fingerprint density at radius 1 is 1.35 bits per heavy atom. The molecule has 112 valence electrons. The van der Waals surface area contributed by atoms with Crippen LogP contribution in [-0.2, 0) is 11.2 Å². The van der Waals surface area contributed by atoms with Crippen LogP contribution < -0.4 is 5.73 Å². The fourth-order valence-corrected chi connectivity index (χ4v) is 3.41. The first-order chi connectivity index (χ1) is 9.57. The summed E-state index contributed by atoms with van der Waals surface area (Å²) in [4.78, 5) is 0. The predicted octanol–water partition coefficient (Wildman–Crippen LogP) is 4.09. The molecule has 0 radical (unpaired) electrons. The van der Waals surface area contributed by atoms with Gasteiger partial charge < -0.3 is 10.5 Å². The SMILES string of the molecule is CCOC1(C(N)Cc2ccc(F)cc2Cl)CCCCC1. The molecule has 1 aromatic rings. The largest absolute Gasteiger partial charge is 0.374 e. The van der Waals surface area contributed by atoms with Gasteiger partial charge in [-0.3, -0.25) is 0 Å². The molecular formula is C16H23ClFNO. The summed E-state index contributed by atoms with van der Waals surface area (Å²) < 4.78 is 19.1. The van der Waals surface area contributed by atoms with Crippen LogP contribution in [0.15, 0.2) is 18.2 Å². The summed E-state index contributed by atoms with van der Waals surface area (Å²) in [6.45, 7) is 2.68. The topological polar surface area (TPSA) is 35.2 Å². The third-order valence-electron chi connectivity index (χ3n) is 4.26. The highest BCUT2D eigenvalue weighted by Crippen LogP contribution is 2.35. The van der Waals surface area contributed by atoms with E-state index in [1.165, 1.54) is 18.6 Å². The number of hydrogen-bond donors (Lipinski definition) is 1. The molecule has 1 atom stereocenters. The van der Waals surface area contributed by atoms with Gasteiger partial charge in [0.15, 0.2) is 0 Å². The van der Waals surface area contributed by atoms with Crippen LogP contribution in [0.25, 0.3) is 0 Å². The van der Waals surface area contributed by atoms with Crippen molar-refractivity contribution in [3.8, 4) is 0 Å². The molecule has 0 saturated heterocycles. The van der Waals surface area contributed by atoms with Crippen LogP contribution in [0.4, 0.5) is 4.39 Å². The van der Waals surface area contributed by atoms with E-state index in [0.29, 0.717) is 18.1 Å². The smallest absolute Gasteiger partial charge is 0.124 e. The van der Waals surface area contributed by atoms with Gasteiger partial charge in [0, 0.05) is 17.7 Å². The zero-order valence-corrected chi connectivity index (χ0v) is 12.8. The van der Waals surface area contributed by atoms with Crippen LogP contribution in [0.1, 0.15) is 44.6 Å². The van der Waals surface area contributed by atoms with E-state index in [1.54, 1.807) is 6.07 Å². The summed E-state index contributed by atoms with van der Waals surface area (Å²) in [6.07, 6.45) is 6.19. The van der Waals surface area contributed by atoms with E-state index in [4.69, 9.17) is 22.1 Å². The van der Waals surface area contributed by atoms with Gasteiger partial charge in [0.25, 0.3) is 0 Å². The second-order valence-electron chi connectivity index (χ2n) is 5.60. The van der Waals surface area contributed by atoms with E-state index in [0.717, 1.165) is 31.2 Å². The maximum absolute atomic E-state index is 13.1. The van der Waals surface area contributed by atoms with Crippen molar-refractivity contribution >= 4 is 11.6 Å². The number of rotatable bonds is 5. The average molecular weight is 300 g/mol. The molecule has 1 fully saturated rings. The zero-order valence-electron chi connectivity index (χ0n) is 12.0. The fourth-order valence-electron chi connectivity index (χ4n) is 3.17. The van der Waals surface area contributed by atoms with E-state index in [1.807, 2.05) is 6.92 Å². The molecule has 1 aromatic carbocycles. The standard InChI is InChI=1S/C16H23ClFNO/c1-2-20-16(8-4-3-5-9-16)15(19)10-12-6-7-13(18)11-14(12)17/h6-7,11,15H,2-5,8-10,19H2,1H3. The Labute approximate surface area is 125 Å². The van der Waals surface area contributed by atoms with Gasteiger partial charge in [0.2, 0.25) is 0 Å². The molecule has 2 N–H and O–H groups in total. The molecule has 1 saturated carbocycles. The second-order valence-corrected chi connectivity index (χ2v) is 6.01. The summed E-state index contributed by atoms with van der Waals surface area (Å²) >= 11 is 6.10. The van der Waals surface area contributed by atoms with E-state index in [-0.39, 0.29) is 17.5 Å². The number of benzene rings is 1. The molecule has 0 bridgehead atoms. The number of hydrogen-bond acceptors (Lipinski definition) is 2. The summed E-state index contributed by atoms with van der Waals surface area (Å²) in [5, 5.41) is 0.447. The maximum atomic E-state index is 13.1. The Morgan fingerprint density at radius 2 is 2.05 bits per heavy atom. The van der Waals surface area contributed by atoms with E-state index >= 15 is 0 Å². The molecule has 4 heteroatoms. The van der Waals surface area contributed by atoms with Crippen LogP contribution >= 0.6 is 11.6 Å². The number of ether oxygens (including phenoxy) is 1. The third-order valence-corrected chi connectivity index (χ3v) is 4.61. The van der Waals surface area contributed by atoms with Crippen LogP contribution in [0.5, 0.6) is 0 Å².